The zero-order chi connectivity index (χ0) is 8.97. The molecule has 1 N–H and O–H groups in total. The molecule has 0 bridgehead atoms. The van der Waals surface area contributed by atoms with Gasteiger partial charge in [-0.05, 0) is 37.1 Å². The molecular formula is C9H12FNS. The molecule has 12 heavy (non-hydrogen) atoms. The monoisotopic (exact) mass is 185 g/mol. The van der Waals surface area contributed by atoms with E-state index in [1.807, 2.05) is 19.4 Å². The quantitative estimate of drug-likeness (QED) is 0.725. The highest BCUT2D eigenvalue weighted by Gasteiger charge is 1.98. The molecule has 0 radical (unpaired) electrons. The Bertz CT molecular complexity index is 263. The minimum Gasteiger partial charge on any atom is -0.316 e. The van der Waals surface area contributed by atoms with Gasteiger partial charge in [0.15, 0.2) is 0 Å². The number of halogens is 1. The number of hydrogen-bond donors (Lipinski definition) is 1. The molecule has 0 atom stereocenters. The maximum Gasteiger partial charge on any atom is 0.124 e. The molecule has 0 spiro atoms. The molecule has 0 aliphatic carbocycles. The van der Waals surface area contributed by atoms with Gasteiger partial charge in [0.05, 0.1) is 0 Å². The average Bonchev–Trinajstić information content (AvgIpc) is 2.04. The number of hydrogen-bond acceptors (Lipinski definition) is 2. The van der Waals surface area contributed by atoms with Crippen molar-refractivity contribution in [1.82, 2.24) is 5.32 Å². The zero-order valence-electron chi connectivity index (χ0n) is 7.23. The Balaban J connectivity index is 2.90. The van der Waals surface area contributed by atoms with Crippen molar-refractivity contribution >= 4 is 11.8 Å². The van der Waals surface area contributed by atoms with E-state index in [1.165, 1.54) is 0 Å². The summed E-state index contributed by atoms with van der Waals surface area (Å²) >= 11 is 1.56. The van der Waals surface area contributed by atoms with E-state index in [4.69, 9.17) is 0 Å². The average molecular weight is 185 g/mol. The third-order valence-electron chi connectivity index (χ3n) is 1.55. The van der Waals surface area contributed by atoms with Crippen molar-refractivity contribution < 1.29 is 4.39 Å². The molecular weight excluding hydrogens is 173 g/mol. The summed E-state index contributed by atoms with van der Waals surface area (Å²) < 4.78 is 12.9. The highest BCUT2D eigenvalue weighted by atomic mass is 32.2. The molecule has 1 rings (SSSR count). The van der Waals surface area contributed by atoms with Gasteiger partial charge in [0.1, 0.15) is 5.82 Å². The molecule has 0 aliphatic rings. The van der Waals surface area contributed by atoms with E-state index < -0.39 is 0 Å². The van der Waals surface area contributed by atoms with Crippen LogP contribution in [0.15, 0.2) is 23.1 Å². The van der Waals surface area contributed by atoms with Crippen molar-refractivity contribution in [3.05, 3.63) is 29.6 Å². The lowest BCUT2D eigenvalue weighted by Gasteiger charge is -2.02. The van der Waals surface area contributed by atoms with Crippen LogP contribution in [0.4, 0.5) is 4.39 Å². The second kappa shape index (κ2) is 4.48. The van der Waals surface area contributed by atoms with Crippen LogP contribution >= 0.6 is 11.8 Å². The van der Waals surface area contributed by atoms with Gasteiger partial charge in [-0.1, -0.05) is 0 Å². The first-order valence-corrected chi connectivity index (χ1v) is 4.97. The third-order valence-corrected chi connectivity index (χ3v) is 2.25. The maximum atomic E-state index is 12.9. The van der Waals surface area contributed by atoms with Gasteiger partial charge in [-0.25, -0.2) is 4.39 Å². The lowest BCUT2D eigenvalue weighted by Crippen LogP contribution is -2.05. The van der Waals surface area contributed by atoms with Crippen molar-refractivity contribution in [3.8, 4) is 0 Å². The van der Waals surface area contributed by atoms with E-state index in [1.54, 1.807) is 23.9 Å². The summed E-state index contributed by atoms with van der Waals surface area (Å²) in [5, 5.41) is 2.99. The summed E-state index contributed by atoms with van der Waals surface area (Å²) in [6.07, 6.45) is 1.94. The molecule has 66 valence electrons. The summed E-state index contributed by atoms with van der Waals surface area (Å²) in [6, 6.07) is 5.09. The van der Waals surface area contributed by atoms with E-state index in [9.17, 15) is 4.39 Å². The van der Waals surface area contributed by atoms with Gasteiger partial charge in [0.25, 0.3) is 0 Å². The van der Waals surface area contributed by atoms with E-state index >= 15 is 0 Å². The number of nitrogens with one attached hydrogen (secondary N) is 1. The van der Waals surface area contributed by atoms with E-state index in [0.717, 1.165) is 10.5 Å². The van der Waals surface area contributed by atoms with Gasteiger partial charge in [0, 0.05) is 11.4 Å². The molecule has 0 unspecified atom stereocenters. The maximum absolute atomic E-state index is 12.9. The number of benzene rings is 1. The van der Waals surface area contributed by atoms with Gasteiger partial charge in [-0.2, -0.15) is 0 Å². The van der Waals surface area contributed by atoms with Crippen LogP contribution in [0.5, 0.6) is 0 Å². The van der Waals surface area contributed by atoms with Gasteiger partial charge in [0.2, 0.25) is 0 Å². The van der Waals surface area contributed by atoms with Gasteiger partial charge in [-0.3, -0.25) is 0 Å². The summed E-state index contributed by atoms with van der Waals surface area (Å²) in [6.45, 7) is 0.714. The Kier molecular flexibility index (Phi) is 3.56. The Morgan fingerprint density at radius 3 is 2.75 bits per heavy atom. The molecule has 0 aromatic heterocycles. The van der Waals surface area contributed by atoms with E-state index in [-0.39, 0.29) is 5.82 Å². The highest BCUT2D eigenvalue weighted by molar-refractivity contribution is 7.98. The molecule has 0 amide bonds. The lowest BCUT2D eigenvalue weighted by molar-refractivity contribution is 0.620. The fourth-order valence-corrected chi connectivity index (χ4v) is 1.54. The predicted molar refractivity (Wildman–Crippen MR) is 50.9 cm³/mol. The topological polar surface area (TPSA) is 12.0 Å². The first kappa shape index (κ1) is 9.55. The van der Waals surface area contributed by atoms with Gasteiger partial charge >= 0.3 is 0 Å². The SMILES string of the molecule is CNCc1cc(F)cc(SC)c1. The van der Waals surface area contributed by atoms with E-state index in [0.29, 0.717) is 6.54 Å². The second-order valence-electron chi connectivity index (χ2n) is 2.53. The Morgan fingerprint density at radius 1 is 1.42 bits per heavy atom. The zero-order valence-corrected chi connectivity index (χ0v) is 8.04. The second-order valence-corrected chi connectivity index (χ2v) is 3.41. The van der Waals surface area contributed by atoms with E-state index in [2.05, 4.69) is 5.32 Å². The summed E-state index contributed by atoms with van der Waals surface area (Å²) in [4.78, 5) is 0.972. The molecule has 0 fully saturated rings. The summed E-state index contributed by atoms with van der Waals surface area (Å²) in [5.74, 6) is -0.160. The Morgan fingerprint density at radius 2 is 2.17 bits per heavy atom. The van der Waals surface area contributed by atoms with Crippen molar-refractivity contribution in [2.45, 2.75) is 11.4 Å². The Hall–Kier alpha value is -0.540. The van der Waals surface area contributed by atoms with Crippen LogP contribution in [0.3, 0.4) is 0 Å². The largest absolute Gasteiger partial charge is 0.316 e. The van der Waals surface area contributed by atoms with Crippen LogP contribution in [-0.4, -0.2) is 13.3 Å². The smallest absolute Gasteiger partial charge is 0.124 e. The van der Waals surface area contributed by atoms with Crippen LogP contribution in [0.25, 0.3) is 0 Å². The van der Waals surface area contributed by atoms with Crippen LogP contribution in [-0.2, 0) is 6.54 Å². The normalized spacial score (nSPS) is 10.2. The summed E-state index contributed by atoms with van der Waals surface area (Å²) in [7, 11) is 1.85. The number of thioether (sulfide) groups is 1. The van der Waals surface area contributed by atoms with Gasteiger partial charge in [-0.15, -0.1) is 11.8 Å². The number of rotatable bonds is 3. The van der Waals surface area contributed by atoms with Crippen LogP contribution in [0, 0.1) is 5.82 Å². The lowest BCUT2D eigenvalue weighted by atomic mass is 10.2. The van der Waals surface area contributed by atoms with Crippen molar-refractivity contribution in [1.29, 1.82) is 0 Å². The van der Waals surface area contributed by atoms with Gasteiger partial charge < -0.3 is 5.32 Å². The summed E-state index contributed by atoms with van der Waals surface area (Å²) in [5.41, 5.74) is 0.988. The van der Waals surface area contributed by atoms with Crippen molar-refractivity contribution in [2.24, 2.45) is 0 Å². The van der Waals surface area contributed by atoms with Crippen LogP contribution < -0.4 is 5.32 Å². The molecule has 1 aromatic rings. The first-order chi connectivity index (χ1) is 5.76. The fourth-order valence-electron chi connectivity index (χ4n) is 1.04. The van der Waals surface area contributed by atoms with Crippen molar-refractivity contribution in [3.63, 3.8) is 0 Å². The van der Waals surface area contributed by atoms with Crippen LogP contribution in [0.1, 0.15) is 5.56 Å². The van der Waals surface area contributed by atoms with Crippen molar-refractivity contribution in [2.75, 3.05) is 13.3 Å². The molecule has 3 heteroatoms. The molecule has 1 aromatic carbocycles. The molecule has 0 saturated carbocycles. The predicted octanol–water partition coefficient (Wildman–Crippen LogP) is 2.27. The first-order valence-electron chi connectivity index (χ1n) is 3.74. The molecule has 0 saturated heterocycles. The molecule has 1 nitrogen and oxygen atoms in total. The molecule has 0 aliphatic heterocycles. The standard InChI is InChI=1S/C9H12FNS/c1-11-6-7-3-8(10)5-9(4-7)12-2/h3-5,11H,6H2,1-2H3. The van der Waals surface area contributed by atoms with Crippen LogP contribution in [0.2, 0.25) is 0 Å². The fraction of sp³-hybridized carbons (Fsp3) is 0.333. The minimum absolute atomic E-state index is 0.160. The third kappa shape index (κ3) is 2.50. The molecule has 0 heterocycles. The minimum atomic E-state index is -0.160. The Labute approximate surface area is 76.4 Å². The highest BCUT2D eigenvalue weighted by Crippen LogP contribution is 2.17.